The van der Waals surface area contributed by atoms with E-state index in [4.69, 9.17) is 0 Å². The lowest BCUT2D eigenvalue weighted by atomic mass is 9.96. The van der Waals surface area contributed by atoms with E-state index in [1.165, 1.54) is 22.3 Å². The molecule has 1 unspecified atom stereocenters. The van der Waals surface area contributed by atoms with Crippen LogP contribution in [0.5, 0.6) is 0 Å². The number of anilines is 2. The van der Waals surface area contributed by atoms with E-state index >= 15 is 0 Å². The second-order valence-corrected chi connectivity index (χ2v) is 5.71. The van der Waals surface area contributed by atoms with Gasteiger partial charge in [-0.1, -0.05) is 37.3 Å². The molecule has 104 valence electrons. The summed E-state index contributed by atoms with van der Waals surface area (Å²) in [4.78, 5) is 2.35. The first-order chi connectivity index (χ1) is 10.2. The number of hydrogen-bond donors (Lipinski definition) is 0. The highest BCUT2D eigenvalue weighted by Crippen LogP contribution is 2.44. The number of para-hydroxylation sites is 1. The first kappa shape index (κ1) is 12.4. The predicted molar refractivity (Wildman–Crippen MR) is 85.8 cm³/mol. The molecular weight excluding hydrogens is 261 g/mol. The topological polar surface area (TPSA) is 3.24 Å². The molecule has 3 aromatic rings. The molecule has 0 aliphatic carbocycles. The van der Waals surface area contributed by atoms with Gasteiger partial charge in [0, 0.05) is 23.8 Å². The summed E-state index contributed by atoms with van der Waals surface area (Å²) in [5, 5.41) is 2.15. The predicted octanol–water partition coefficient (Wildman–Crippen LogP) is 5.23. The smallest absolute Gasteiger partial charge is 0.123 e. The molecule has 0 radical (unpaired) electrons. The summed E-state index contributed by atoms with van der Waals surface area (Å²) in [6.07, 6.45) is 0. The van der Waals surface area contributed by atoms with Gasteiger partial charge >= 0.3 is 0 Å². The molecule has 4 rings (SSSR count). The van der Waals surface area contributed by atoms with Crippen molar-refractivity contribution in [3.8, 4) is 0 Å². The third kappa shape index (κ3) is 1.90. The standard InChI is InChI=1S/C19H16FN/c1-13-12-21(16-5-3-2-4-6-16)18-10-7-14-11-15(20)8-9-17(14)19(13)18/h2-11,13H,12H2,1H3. The van der Waals surface area contributed by atoms with E-state index in [9.17, 15) is 4.39 Å². The molecule has 0 N–H and O–H groups in total. The van der Waals surface area contributed by atoms with Crippen LogP contribution in [0.3, 0.4) is 0 Å². The summed E-state index contributed by atoms with van der Waals surface area (Å²) in [5.41, 5.74) is 3.79. The molecule has 0 bridgehead atoms. The molecule has 1 heterocycles. The lowest BCUT2D eigenvalue weighted by molar-refractivity contribution is 0.629. The molecule has 0 aromatic heterocycles. The van der Waals surface area contributed by atoms with Crippen LogP contribution < -0.4 is 4.90 Å². The van der Waals surface area contributed by atoms with Crippen LogP contribution in [0.15, 0.2) is 60.7 Å². The number of rotatable bonds is 1. The lowest BCUT2D eigenvalue weighted by Gasteiger charge is -2.20. The number of nitrogens with zero attached hydrogens (tertiary/aromatic N) is 1. The van der Waals surface area contributed by atoms with Gasteiger partial charge in [0.05, 0.1) is 0 Å². The van der Waals surface area contributed by atoms with E-state index in [1.54, 1.807) is 12.1 Å². The van der Waals surface area contributed by atoms with Crippen LogP contribution in [0.1, 0.15) is 18.4 Å². The fourth-order valence-electron chi connectivity index (χ4n) is 3.38. The van der Waals surface area contributed by atoms with Crippen molar-refractivity contribution in [2.24, 2.45) is 0 Å². The zero-order valence-electron chi connectivity index (χ0n) is 11.9. The molecule has 0 saturated heterocycles. The molecule has 0 saturated carbocycles. The third-order valence-electron chi connectivity index (χ3n) is 4.31. The largest absolute Gasteiger partial charge is 0.341 e. The van der Waals surface area contributed by atoms with Gasteiger partial charge < -0.3 is 4.90 Å². The quantitative estimate of drug-likeness (QED) is 0.588. The second-order valence-electron chi connectivity index (χ2n) is 5.71. The van der Waals surface area contributed by atoms with E-state index in [2.05, 4.69) is 42.2 Å². The van der Waals surface area contributed by atoms with E-state index in [-0.39, 0.29) is 5.82 Å². The van der Waals surface area contributed by atoms with Crippen molar-refractivity contribution in [1.82, 2.24) is 0 Å². The zero-order chi connectivity index (χ0) is 14.4. The first-order valence-electron chi connectivity index (χ1n) is 7.29. The summed E-state index contributed by atoms with van der Waals surface area (Å²) in [5.74, 6) is 0.266. The molecule has 3 aromatic carbocycles. The minimum atomic E-state index is -0.173. The average molecular weight is 277 g/mol. The fraction of sp³-hybridized carbons (Fsp3) is 0.158. The minimum Gasteiger partial charge on any atom is -0.341 e. The number of benzene rings is 3. The lowest BCUT2D eigenvalue weighted by Crippen LogP contribution is -2.14. The Morgan fingerprint density at radius 2 is 1.81 bits per heavy atom. The van der Waals surface area contributed by atoms with Gasteiger partial charge in [-0.2, -0.15) is 0 Å². The number of halogens is 1. The van der Waals surface area contributed by atoms with Crippen molar-refractivity contribution in [3.05, 3.63) is 72.0 Å². The number of hydrogen-bond acceptors (Lipinski definition) is 1. The first-order valence-corrected chi connectivity index (χ1v) is 7.29. The van der Waals surface area contributed by atoms with Gasteiger partial charge in [0.1, 0.15) is 5.82 Å². The van der Waals surface area contributed by atoms with Crippen LogP contribution in [0.4, 0.5) is 15.8 Å². The molecular formula is C19H16FN. The van der Waals surface area contributed by atoms with Crippen LogP contribution in [-0.4, -0.2) is 6.54 Å². The Kier molecular flexibility index (Phi) is 2.71. The molecule has 1 aliphatic rings. The van der Waals surface area contributed by atoms with Gasteiger partial charge in [-0.05, 0) is 46.7 Å². The summed E-state index contributed by atoms with van der Waals surface area (Å²) in [6, 6.07) is 19.7. The molecule has 21 heavy (non-hydrogen) atoms. The minimum absolute atomic E-state index is 0.173. The molecule has 1 aliphatic heterocycles. The normalized spacial score (nSPS) is 17.2. The van der Waals surface area contributed by atoms with Crippen molar-refractivity contribution < 1.29 is 4.39 Å². The third-order valence-corrected chi connectivity index (χ3v) is 4.31. The van der Waals surface area contributed by atoms with Crippen LogP contribution in [-0.2, 0) is 0 Å². The summed E-state index contributed by atoms with van der Waals surface area (Å²) < 4.78 is 13.4. The molecule has 1 atom stereocenters. The van der Waals surface area contributed by atoms with Gasteiger partial charge in [0.2, 0.25) is 0 Å². The highest BCUT2D eigenvalue weighted by Gasteiger charge is 2.28. The maximum Gasteiger partial charge on any atom is 0.123 e. The Labute approximate surface area is 123 Å². The molecule has 1 nitrogen and oxygen atoms in total. The Bertz CT molecular complexity index is 810. The average Bonchev–Trinajstić information content (AvgIpc) is 2.85. The second kappa shape index (κ2) is 4.59. The highest BCUT2D eigenvalue weighted by atomic mass is 19.1. The number of fused-ring (bicyclic) bond motifs is 3. The zero-order valence-corrected chi connectivity index (χ0v) is 11.9. The summed E-state index contributed by atoms with van der Waals surface area (Å²) in [6.45, 7) is 3.21. The summed E-state index contributed by atoms with van der Waals surface area (Å²) >= 11 is 0. The fourth-order valence-corrected chi connectivity index (χ4v) is 3.38. The Morgan fingerprint density at radius 3 is 2.62 bits per heavy atom. The SMILES string of the molecule is CC1CN(c2ccccc2)c2ccc3cc(F)ccc3c21. The molecule has 2 heteroatoms. The van der Waals surface area contributed by atoms with Crippen LogP contribution >= 0.6 is 0 Å². The van der Waals surface area contributed by atoms with Crippen molar-refractivity contribution in [2.75, 3.05) is 11.4 Å². The maximum absolute atomic E-state index is 13.4. The van der Waals surface area contributed by atoms with Crippen molar-refractivity contribution in [3.63, 3.8) is 0 Å². The molecule has 0 fully saturated rings. The Hall–Kier alpha value is -2.35. The van der Waals surface area contributed by atoms with E-state index < -0.39 is 0 Å². The van der Waals surface area contributed by atoms with Gasteiger partial charge in [-0.15, -0.1) is 0 Å². The maximum atomic E-state index is 13.4. The molecule has 0 spiro atoms. The van der Waals surface area contributed by atoms with Crippen molar-refractivity contribution in [2.45, 2.75) is 12.8 Å². The van der Waals surface area contributed by atoms with Gasteiger partial charge in [0.25, 0.3) is 0 Å². The van der Waals surface area contributed by atoms with Crippen LogP contribution in [0, 0.1) is 5.82 Å². The van der Waals surface area contributed by atoms with E-state index in [1.807, 2.05) is 18.2 Å². The van der Waals surface area contributed by atoms with Crippen LogP contribution in [0.25, 0.3) is 10.8 Å². The van der Waals surface area contributed by atoms with Crippen molar-refractivity contribution in [1.29, 1.82) is 0 Å². The summed E-state index contributed by atoms with van der Waals surface area (Å²) in [7, 11) is 0. The van der Waals surface area contributed by atoms with E-state index in [0.717, 1.165) is 11.9 Å². The van der Waals surface area contributed by atoms with Crippen molar-refractivity contribution >= 4 is 22.1 Å². The van der Waals surface area contributed by atoms with Crippen LogP contribution in [0.2, 0.25) is 0 Å². The Morgan fingerprint density at radius 1 is 1.00 bits per heavy atom. The van der Waals surface area contributed by atoms with Gasteiger partial charge in [0.15, 0.2) is 0 Å². The highest BCUT2D eigenvalue weighted by molar-refractivity contribution is 5.93. The molecule has 0 amide bonds. The Balaban J connectivity index is 1.93. The monoisotopic (exact) mass is 277 g/mol. The van der Waals surface area contributed by atoms with E-state index in [0.29, 0.717) is 5.92 Å². The van der Waals surface area contributed by atoms with Gasteiger partial charge in [-0.3, -0.25) is 0 Å². The van der Waals surface area contributed by atoms with Gasteiger partial charge in [-0.25, -0.2) is 4.39 Å².